The van der Waals surface area contributed by atoms with Crippen LogP contribution in [-0.4, -0.2) is 43.0 Å². The van der Waals surface area contributed by atoms with Gasteiger partial charge >= 0.3 is 0 Å². The highest BCUT2D eigenvalue weighted by Gasteiger charge is 2.15. The van der Waals surface area contributed by atoms with Crippen LogP contribution in [0.5, 0.6) is 0 Å². The molecule has 2 aromatic heterocycles. The third kappa shape index (κ3) is 4.95. The number of rotatable bonds is 9. The summed E-state index contributed by atoms with van der Waals surface area (Å²) in [4.78, 5) is 17.9. The highest BCUT2D eigenvalue weighted by molar-refractivity contribution is 7.98. The Bertz CT molecular complexity index is 1230. The Hall–Kier alpha value is -2.75. The quantitative estimate of drug-likeness (QED) is 0.215. The molecular weight excluding hydrogens is 436 g/mol. The van der Waals surface area contributed by atoms with E-state index in [4.69, 9.17) is 21.3 Å². The average Bonchev–Trinajstić information content (AvgIpc) is 3.25. The van der Waals surface area contributed by atoms with Crippen molar-refractivity contribution in [2.75, 3.05) is 13.2 Å². The van der Waals surface area contributed by atoms with Crippen molar-refractivity contribution >= 4 is 34.3 Å². The predicted molar refractivity (Wildman–Crippen MR) is 121 cm³/mol. The van der Waals surface area contributed by atoms with E-state index in [0.717, 1.165) is 5.69 Å². The first kappa shape index (κ1) is 21.5. The van der Waals surface area contributed by atoms with Gasteiger partial charge in [0, 0.05) is 24.8 Å². The molecule has 2 aromatic carbocycles. The summed E-state index contributed by atoms with van der Waals surface area (Å²) in [5, 5.41) is 13.7. The van der Waals surface area contributed by atoms with Gasteiger partial charge in [0.2, 0.25) is 0 Å². The number of thioether (sulfide) groups is 1. The SMILES string of the molecule is CCOCCCn1c(SCc2nnnn2-c2ccccc2)nc2cc(Cl)ccc2c1=O. The molecule has 0 N–H and O–H groups in total. The van der Waals surface area contributed by atoms with Crippen LogP contribution in [0.25, 0.3) is 16.6 Å². The van der Waals surface area contributed by atoms with Gasteiger partial charge in [-0.1, -0.05) is 41.6 Å². The first-order valence-electron chi connectivity index (χ1n) is 9.90. The minimum atomic E-state index is -0.0942. The van der Waals surface area contributed by atoms with Gasteiger partial charge in [-0.25, -0.2) is 4.98 Å². The standard InChI is InChI=1S/C21H21ClN6O2S/c1-2-30-12-6-11-27-20(29)17-10-9-15(22)13-18(17)23-21(27)31-14-19-24-25-26-28(19)16-7-4-3-5-8-16/h3-5,7-10,13H,2,6,11-12,14H2,1H3. The summed E-state index contributed by atoms with van der Waals surface area (Å²) >= 11 is 7.54. The average molecular weight is 457 g/mol. The summed E-state index contributed by atoms with van der Waals surface area (Å²) in [5.74, 6) is 1.11. The smallest absolute Gasteiger partial charge is 0.262 e. The normalized spacial score (nSPS) is 11.3. The van der Waals surface area contributed by atoms with Gasteiger partial charge in [-0.2, -0.15) is 4.68 Å². The fraction of sp³-hybridized carbons (Fsp3) is 0.286. The lowest BCUT2D eigenvalue weighted by Crippen LogP contribution is -2.24. The third-order valence-corrected chi connectivity index (χ3v) is 5.83. The van der Waals surface area contributed by atoms with Crippen LogP contribution in [0.4, 0.5) is 0 Å². The van der Waals surface area contributed by atoms with Crippen LogP contribution in [-0.2, 0) is 17.0 Å². The monoisotopic (exact) mass is 456 g/mol. The molecule has 4 rings (SSSR count). The number of hydrogen-bond acceptors (Lipinski definition) is 7. The second-order valence-electron chi connectivity index (χ2n) is 6.69. The van der Waals surface area contributed by atoms with Gasteiger partial charge < -0.3 is 4.74 Å². The fourth-order valence-corrected chi connectivity index (χ4v) is 4.24. The zero-order chi connectivity index (χ0) is 21.6. The Labute approximate surface area is 188 Å². The lowest BCUT2D eigenvalue weighted by molar-refractivity contribution is 0.140. The molecule has 0 aliphatic heterocycles. The van der Waals surface area contributed by atoms with Crippen LogP contribution >= 0.6 is 23.4 Å². The van der Waals surface area contributed by atoms with Gasteiger partial charge in [-0.15, -0.1) is 5.10 Å². The summed E-state index contributed by atoms with van der Waals surface area (Å²) in [5.41, 5.74) is 1.35. The molecule has 10 heteroatoms. The molecule has 0 unspecified atom stereocenters. The number of ether oxygens (including phenoxy) is 1. The maximum Gasteiger partial charge on any atom is 0.262 e. The number of halogens is 1. The van der Waals surface area contributed by atoms with Gasteiger partial charge in [0.05, 0.1) is 22.3 Å². The molecule has 0 saturated heterocycles. The minimum absolute atomic E-state index is 0.0942. The summed E-state index contributed by atoms with van der Waals surface area (Å²) in [7, 11) is 0. The van der Waals surface area contributed by atoms with Crippen LogP contribution in [0, 0.1) is 0 Å². The van der Waals surface area contributed by atoms with E-state index in [1.54, 1.807) is 27.4 Å². The third-order valence-electron chi connectivity index (χ3n) is 4.62. The van der Waals surface area contributed by atoms with E-state index in [2.05, 4.69) is 15.5 Å². The summed E-state index contributed by atoms with van der Waals surface area (Å²) in [6.45, 7) is 3.69. The van der Waals surface area contributed by atoms with Crippen molar-refractivity contribution in [2.24, 2.45) is 0 Å². The maximum absolute atomic E-state index is 13.2. The molecule has 0 aliphatic carbocycles. The number of aromatic nitrogens is 6. The second kappa shape index (κ2) is 10.0. The summed E-state index contributed by atoms with van der Waals surface area (Å²) < 4.78 is 8.81. The molecule has 0 radical (unpaired) electrons. The lowest BCUT2D eigenvalue weighted by atomic mass is 10.2. The highest BCUT2D eigenvalue weighted by atomic mass is 35.5. The molecule has 0 aliphatic rings. The number of tetrazole rings is 1. The second-order valence-corrected chi connectivity index (χ2v) is 8.07. The Kier molecular flexibility index (Phi) is 6.96. The van der Waals surface area contributed by atoms with E-state index in [1.165, 1.54) is 11.8 Å². The van der Waals surface area contributed by atoms with Gasteiger partial charge in [0.25, 0.3) is 5.56 Å². The number of fused-ring (bicyclic) bond motifs is 1. The zero-order valence-corrected chi connectivity index (χ0v) is 18.5. The van der Waals surface area contributed by atoms with E-state index in [-0.39, 0.29) is 5.56 Å². The summed E-state index contributed by atoms with van der Waals surface area (Å²) in [6, 6.07) is 14.8. The van der Waals surface area contributed by atoms with Crippen molar-refractivity contribution in [1.82, 2.24) is 29.8 Å². The molecule has 0 bridgehead atoms. The van der Waals surface area contributed by atoms with Crippen molar-refractivity contribution in [3.63, 3.8) is 0 Å². The molecule has 0 saturated carbocycles. The van der Waals surface area contributed by atoms with Crippen molar-refractivity contribution in [3.05, 3.63) is 69.7 Å². The van der Waals surface area contributed by atoms with Crippen LogP contribution < -0.4 is 5.56 Å². The molecule has 4 aromatic rings. The first-order chi connectivity index (χ1) is 15.2. The number of hydrogen-bond donors (Lipinski definition) is 0. The van der Waals surface area contributed by atoms with Gasteiger partial charge in [0.15, 0.2) is 11.0 Å². The van der Waals surface area contributed by atoms with E-state index < -0.39 is 0 Å². The fourth-order valence-electron chi connectivity index (χ4n) is 3.14. The molecular formula is C21H21ClN6O2S. The Morgan fingerprint density at radius 3 is 2.81 bits per heavy atom. The van der Waals surface area contributed by atoms with Crippen LogP contribution in [0.2, 0.25) is 5.02 Å². The van der Waals surface area contributed by atoms with E-state index >= 15 is 0 Å². The first-order valence-corrected chi connectivity index (χ1v) is 11.3. The van der Waals surface area contributed by atoms with Gasteiger partial charge in [-0.3, -0.25) is 9.36 Å². The van der Waals surface area contributed by atoms with Crippen molar-refractivity contribution in [3.8, 4) is 5.69 Å². The Morgan fingerprint density at radius 2 is 2.00 bits per heavy atom. The van der Waals surface area contributed by atoms with E-state index in [9.17, 15) is 4.79 Å². The van der Waals surface area contributed by atoms with Gasteiger partial charge in [0.1, 0.15) is 0 Å². The molecule has 0 fully saturated rings. The van der Waals surface area contributed by atoms with Crippen LogP contribution in [0.15, 0.2) is 58.5 Å². The number of benzene rings is 2. The largest absolute Gasteiger partial charge is 0.382 e. The topological polar surface area (TPSA) is 87.7 Å². The van der Waals surface area contributed by atoms with Crippen molar-refractivity contribution < 1.29 is 4.74 Å². The number of para-hydroxylation sites is 1. The van der Waals surface area contributed by atoms with Crippen LogP contribution in [0.1, 0.15) is 19.2 Å². The zero-order valence-electron chi connectivity index (χ0n) is 16.9. The predicted octanol–water partition coefficient (Wildman–Crippen LogP) is 3.74. The minimum Gasteiger partial charge on any atom is -0.382 e. The van der Waals surface area contributed by atoms with Crippen molar-refractivity contribution in [2.45, 2.75) is 30.8 Å². The Balaban J connectivity index is 1.65. The molecule has 31 heavy (non-hydrogen) atoms. The van der Waals surface area contributed by atoms with Crippen molar-refractivity contribution in [1.29, 1.82) is 0 Å². The molecule has 160 valence electrons. The molecule has 2 heterocycles. The molecule has 8 nitrogen and oxygen atoms in total. The van der Waals surface area contributed by atoms with E-state index in [1.807, 2.05) is 37.3 Å². The highest BCUT2D eigenvalue weighted by Crippen LogP contribution is 2.24. The molecule has 0 spiro atoms. The summed E-state index contributed by atoms with van der Waals surface area (Å²) in [6.07, 6.45) is 0.712. The number of nitrogens with zero attached hydrogens (tertiary/aromatic N) is 6. The lowest BCUT2D eigenvalue weighted by Gasteiger charge is -2.13. The molecule has 0 amide bonds. The van der Waals surface area contributed by atoms with Crippen LogP contribution in [0.3, 0.4) is 0 Å². The Morgan fingerprint density at radius 1 is 1.16 bits per heavy atom. The molecule has 0 atom stereocenters. The maximum atomic E-state index is 13.2. The van der Waals surface area contributed by atoms with E-state index in [0.29, 0.717) is 58.8 Å². The van der Waals surface area contributed by atoms with Gasteiger partial charge in [-0.05, 0) is 54.1 Å².